The van der Waals surface area contributed by atoms with E-state index < -0.39 is 20.0 Å². The van der Waals surface area contributed by atoms with E-state index in [2.05, 4.69) is 49.1 Å². The van der Waals surface area contributed by atoms with Gasteiger partial charge in [0.15, 0.2) is 8.32 Å². The summed E-state index contributed by atoms with van der Waals surface area (Å²) in [7, 11) is -0.235. The van der Waals surface area contributed by atoms with Gasteiger partial charge in [0.05, 0.1) is 47.7 Å². The third kappa shape index (κ3) is 7.69. The molecule has 1 aliphatic rings. The van der Waals surface area contributed by atoms with Crippen molar-refractivity contribution < 1.29 is 17.9 Å². The lowest BCUT2D eigenvalue weighted by Gasteiger charge is -2.42. The van der Waals surface area contributed by atoms with Crippen LogP contribution in [0.2, 0.25) is 18.1 Å². The van der Waals surface area contributed by atoms with Gasteiger partial charge >= 0.3 is 0 Å². The smallest absolute Gasteiger partial charge is 0.260 e. The molecule has 268 valence electrons. The maximum absolute atomic E-state index is 15.3. The Kier molecular flexibility index (Phi) is 10.3. The predicted octanol–water partition coefficient (Wildman–Crippen LogP) is 9.09. The molecule has 3 aromatic heterocycles. The van der Waals surface area contributed by atoms with Crippen LogP contribution < -0.4 is 20.5 Å². The number of ether oxygens (including phenoxy) is 1. The van der Waals surface area contributed by atoms with Crippen molar-refractivity contribution in [1.29, 1.82) is 0 Å². The molecule has 0 atom stereocenters. The standard InChI is InChI=1S/C40H47F2N5O3Si/c1-8-27-25-47(24-26-12-15-29(49-5)16-13-26)39(48)31-22-34(38(45-37(27)31)36-32(41)10-9-11-33(36)42)44-35-17-14-28(23-43-35)46-20-18-30(19-21-46)50-51(6,7)40(2,3)4/h9-17,22-23,25,30H,8,18-21,24H2,1-7H3,(H,43,44). The minimum atomic E-state index is -1.84. The van der Waals surface area contributed by atoms with Crippen molar-refractivity contribution in [3.8, 4) is 17.0 Å². The van der Waals surface area contributed by atoms with Crippen LogP contribution in [0.15, 0.2) is 77.9 Å². The molecule has 0 amide bonds. The summed E-state index contributed by atoms with van der Waals surface area (Å²) in [5, 5.41) is 3.74. The molecule has 1 N–H and O–H groups in total. The number of piperidine rings is 1. The number of hydrogen-bond acceptors (Lipinski definition) is 7. The van der Waals surface area contributed by atoms with Crippen LogP contribution in [0.3, 0.4) is 0 Å². The number of pyridine rings is 3. The van der Waals surface area contributed by atoms with Gasteiger partial charge in [-0.2, -0.15) is 0 Å². The maximum Gasteiger partial charge on any atom is 0.260 e. The van der Waals surface area contributed by atoms with Crippen molar-refractivity contribution in [2.45, 2.75) is 77.7 Å². The molecule has 51 heavy (non-hydrogen) atoms. The molecule has 0 unspecified atom stereocenters. The van der Waals surface area contributed by atoms with Crippen LogP contribution in [0.4, 0.5) is 26.0 Å². The van der Waals surface area contributed by atoms with Gasteiger partial charge < -0.3 is 23.9 Å². The molecule has 0 bridgehead atoms. The molecule has 11 heteroatoms. The fraction of sp³-hybridized carbons (Fsp3) is 0.375. The van der Waals surface area contributed by atoms with E-state index in [0.29, 0.717) is 29.7 Å². The largest absolute Gasteiger partial charge is 0.497 e. The van der Waals surface area contributed by atoms with Gasteiger partial charge in [0.25, 0.3) is 5.56 Å². The van der Waals surface area contributed by atoms with E-state index in [-0.39, 0.29) is 33.6 Å². The van der Waals surface area contributed by atoms with Crippen LogP contribution in [0, 0.1) is 11.6 Å². The highest BCUT2D eigenvalue weighted by Gasteiger charge is 2.39. The first-order chi connectivity index (χ1) is 24.3. The van der Waals surface area contributed by atoms with Crippen molar-refractivity contribution in [2.75, 3.05) is 30.4 Å². The molecular weight excluding hydrogens is 665 g/mol. The maximum atomic E-state index is 15.3. The Morgan fingerprint density at radius 3 is 2.27 bits per heavy atom. The van der Waals surface area contributed by atoms with E-state index in [4.69, 9.17) is 14.1 Å². The number of benzene rings is 2. The molecule has 4 heterocycles. The Bertz CT molecular complexity index is 2050. The molecule has 2 aromatic carbocycles. The number of halogens is 2. The summed E-state index contributed by atoms with van der Waals surface area (Å²) in [6.07, 6.45) is 6.28. The second-order valence-electron chi connectivity index (χ2n) is 14.8. The third-order valence-electron chi connectivity index (χ3n) is 10.3. The Morgan fingerprint density at radius 2 is 1.69 bits per heavy atom. The van der Waals surface area contributed by atoms with Gasteiger partial charge in [-0.1, -0.05) is 45.9 Å². The zero-order valence-electron chi connectivity index (χ0n) is 30.5. The zero-order chi connectivity index (χ0) is 36.5. The number of methoxy groups -OCH3 is 1. The predicted molar refractivity (Wildman–Crippen MR) is 204 cm³/mol. The van der Waals surface area contributed by atoms with Gasteiger partial charge in [-0.05, 0) is 91.0 Å². The minimum Gasteiger partial charge on any atom is -0.497 e. The molecule has 0 aliphatic carbocycles. The van der Waals surface area contributed by atoms with Gasteiger partial charge in [0.1, 0.15) is 28.9 Å². The van der Waals surface area contributed by atoms with Crippen molar-refractivity contribution in [3.63, 3.8) is 0 Å². The van der Waals surface area contributed by atoms with Crippen molar-refractivity contribution >= 4 is 36.4 Å². The normalized spacial score (nSPS) is 14.3. The summed E-state index contributed by atoms with van der Waals surface area (Å²) in [4.78, 5) is 25.7. The average molecular weight is 712 g/mol. The Morgan fingerprint density at radius 1 is 1.00 bits per heavy atom. The van der Waals surface area contributed by atoms with Gasteiger partial charge in [-0.3, -0.25) is 4.79 Å². The van der Waals surface area contributed by atoms with Crippen molar-refractivity contribution in [1.82, 2.24) is 14.5 Å². The van der Waals surface area contributed by atoms with E-state index in [9.17, 15) is 4.79 Å². The van der Waals surface area contributed by atoms with Crippen molar-refractivity contribution in [3.05, 3.63) is 106 Å². The molecule has 1 saturated heterocycles. The topological polar surface area (TPSA) is 81.5 Å². The molecular formula is C40H47F2N5O3Si. The molecule has 1 fully saturated rings. The zero-order valence-corrected chi connectivity index (χ0v) is 31.5. The Balaban J connectivity index is 1.32. The molecule has 5 aromatic rings. The highest BCUT2D eigenvalue weighted by molar-refractivity contribution is 6.74. The van der Waals surface area contributed by atoms with Gasteiger partial charge in [-0.25, -0.2) is 18.7 Å². The highest BCUT2D eigenvalue weighted by atomic mass is 28.4. The first-order valence-corrected chi connectivity index (χ1v) is 20.5. The molecule has 8 nitrogen and oxygen atoms in total. The van der Waals surface area contributed by atoms with Crippen LogP contribution in [0.5, 0.6) is 5.75 Å². The monoisotopic (exact) mass is 711 g/mol. The quantitative estimate of drug-likeness (QED) is 0.145. The second kappa shape index (κ2) is 14.6. The minimum absolute atomic E-state index is 0.0646. The number of fused-ring (bicyclic) bond motifs is 1. The second-order valence-corrected chi connectivity index (χ2v) is 19.5. The van der Waals surface area contributed by atoms with Crippen LogP contribution >= 0.6 is 0 Å². The van der Waals surface area contributed by atoms with E-state index in [0.717, 1.165) is 48.5 Å². The van der Waals surface area contributed by atoms with E-state index in [1.54, 1.807) is 30.1 Å². The van der Waals surface area contributed by atoms with E-state index >= 15 is 8.78 Å². The highest BCUT2D eigenvalue weighted by Crippen LogP contribution is 2.39. The first kappa shape index (κ1) is 36.2. The summed E-state index contributed by atoms with van der Waals surface area (Å²) in [5.74, 6) is -0.316. The van der Waals surface area contributed by atoms with Crippen LogP contribution in [0.25, 0.3) is 22.2 Å². The first-order valence-electron chi connectivity index (χ1n) is 17.6. The number of nitrogens with one attached hydrogen (secondary N) is 1. The third-order valence-corrected chi connectivity index (χ3v) is 14.8. The summed E-state index contributed by atoms with van der Waals surface area (Å²) >= 11 is 0. The van der Waals surface area contributed by atoms with Crippen LogP contribution in [-0.4, -0.2) is 49.2 Å². The Hall–Kier alpha value is -4.61. The Labute approximate surface area is 299 Å². The van der Waals surface area contributed by atoms with Crippen molar-refractivity contribution in [2.24, 2.45) is 0 Å². The summed E-state index contributed by atoms with van der Waals surface area (Å²) in [6, 6.07) is 16.7. The SMILES string of the molecule is CCc1cn(Cc2ccc(OC)cc2)c(=O)c2cc(Nc3ccc(N4CCC(O[Si](C)(C)C(C)(C)C)CC4)cn3)c(-c3c(F)cccc3F)nc12. The fourth-order valence-corrected chi connectivity index (χ4v) is 7.73. The number of rotatable bonds is 10. The molecule has 0 radical (unpaired) electrons. The van der Waals surface area contributed by atoms with Gasteiger partial charge in [-0.15, -0.1) is 0 Å². The van der Waals surface area contributed by atoms with Gasteiger partial charge in [0, 0.05) is 25.4 Å². The van der Waals surface area contributed by atoms with E-state index in [1.165, 1.54) is 18.2 Å². The average Bonchev–Trinajstić information content (AvgIpc) is 3.10. The van der Waals surface area contributed by atoms with Crippen LogP contribution in [0.1, 0.15) is 51.7 Å². The van der Waals surface area contributed by atoms with E-state index in [1.807, 2.05) is 43.3 Å². The number of aryl methyl sites for hydroxylation is 1. The van der Waals surface area contributed by atoms with Gasteiger partial charge in [0.2, 0.25) is 0 Å². The molecule has 0 saturated carbocycles. The fourth-order valence-electron chi connectivity index (χ4n) is 6.31. The lowest BCUT2D eigenvalue weighted by atomic mass is 10.0. The summed E-state index contributed by atoms with van der Waals surface area (Å²) in [6.45, 7) is 15.4. The number of nitrogens with zero attached hydrogens (tertiary/aromatic N) is 4. The lowest BCUT2D eigenvalue weighted by molar-refractivity contribution is 0.152. The number of hydrogen-bond donors (Lipinski definition) is 1. The summed E-state index contributed by atoms with van der Waals surface area (Å²) < 4.78 is 44.2. The molecule has 1 aliphatic heterocycles. The molecule has 0 spiro atoms. The molecule has 6 rings (SSSR count). The lowest BCUT2D eigenvalue weighted by Crippen LogP contribution is -2.47. The van der Waals surface area contributed by atoms with Crippen LogP contribution in [-0.2, 0) is 17.4 Å². The summed E-state index contributed by atoms with van der Waals surface area (Å²) in [5.41, 5.74) is 2.89. The number of anilines is 3. The number of aromatic nitrogens is 3.